The molecule has 8 heteroatoms. The summed E-state index contributed by atoms with van der Waals surface area (Å²) in [6.45, 7) is 14.0. The number of hydrogen-bond acceptors (Lipinski definition) is 5. The lowest BCUT2D eigenvalue weighted by Gasteiger charge is -2.26. The fraction of sp³-hybridized carbons (Fsp3) is 0.476. The van der Waals surface area contributed by atoms with E-state index in [4.69, 9.17) is 9.98 Å². The molecule has 0 saturated heterocycles. The molecule has 0 saturated carbocycles. The Labute approximate surface area is 173 Å². The number of nitrogens with one attached hydrogen (secondary N) is 1. The molecule has 0 spiro atoms. The highest BCUT2D eigenvalue weighted by atomic mass is 15.3. The number of aromatic nitrogens is 2. The highest BCUT2D eigenvalue weighted by Gasteiger charge is 2.36. The van der Waals surface area contributed by atoms with Gasteiger partial charge in [0.25, 0.3) is 0 Å². The van der Waals surface area contributed by atoms with Gasteiger partial charge in [-0.1, -0.05) is 26.0 Å². The lowest BCUT2D eigenvalue weighted by Crippen LogP contribution is -2.44. The summed E-state index contributed by atoms with van der Waals surface area (Å²) in [6.07, 6.45) is 13.5. The van der Waals surface area contributed by atoms with Crippen molar-refractivity contribution in [3.8, 4) is 0 Å². The summed E-state index contributed by atoms with van der Waals surface area (Å²) in [4.78, 5) is 22.3. The summed E-state index contributed by atoms with van der Waals surface area (Å²) in [5, 5.41) is 3.20. The molecule has 0 amide bonds. The molecule has 3 rings (SSSR count). The summed E-state index contributed by atoms with van der Waals surface area (Å²) in [5.74, 6) is 0.895. The van der Waals surface area contributed by atoms with E-state index in [1.54, 1.807) is 0 Å². The van der Waals surface area contributed by atoms with E-state index in [0.717, 1.165) is 30.3 Å². The highest BCUT2D eigenvalue weighted by molar-refractivity contribution is 5.99. The summed E-state index contributed by atoms with van der Waals surface area (Å²) in [5.41, 5.74) is 1.71. The summed E-state index contributed by atoms with van der Waals surface area (Å²) < 4.78 is 1.93. The molecule has 8 nitrogen and oxygen atoms in total. The zero-order valence-electron chi connectivity index (χ0n) is 18.2. The van der Waals surface area contributed by atoms with Gasteiger partial charge in [0.15, 0.2) is 5.69 Å². The monoisotopic (exact) mass is 397 g/mol. The molecule has 2 unspecified atom stereocenters. The third-order valence-electron chi connectivity index (χ3n) is 4.63. The summed E-state index contributed by atoms with van der Waals surface area (Å²) in [7, 11) is 1.97. The van der Waals surface area contributed by atoms with Crippen molar-refractivity contribution in [2.75, 3.05) is 20.1 Å². The number of fused-ring (bicyclic) bond motifs is 1. The third kappa shape index (κ3) is 5.49. The Balaban J connectivity index is 0.00000145. The first-order valence-electron chi connectivity index (χ1n) is 10.1. The molecule has 1 aromatic rings. The van der Waals surface area contributed by atoms with Gasteiger partial charge in [0.2, 0.25) is 12.7 Å². The number of aromatic amines is 1. The van der Waals surface area contributed by atoms with E-state index in [-0.39, 0.29) is 12.1 Å². The van der Waals surface area contributed by atoms with Crippen LogP contribution in [-0.2, 0) is 6.54 Å². The number of aliphatic imine (C=N–C) groups is 4. The zero-order chi connectivity index (χ0) is 21.2. The van der Waals surface area contributed by atoms with Crippen molar-refractivity contribution in [3.05, 3.63) is 36.3 Å². The number of amidine groups is 1. The number of hydrogen-bond donors (Lipinski definition) is 1. The standard InChI is InChI=1S/C19H26N8.C2H6/c1-5-7-8-15(20-3)11-27-12-16(9-23-27)24-19-18-17(10-21-13-25(19)4)26(6-2)14-22-18;1-2/h5,7-9,12-14,17-18H,3,6,10-11H2,1-2,4H3;1-2H3/p+1/b7-5-,15-8-,24-19?;. The molecule has 1 aromatic heterocycles. The maximum Gasteiger partial charge on any atom is 0.221 e. The topological polar surface area (TPSA) is 75.6 Å². The molecule has 2 atom stereocenters. The smallest absolute Gasteiger partial charge is 0.221 e. The third-order valence-corrected chi connectivity index (χ3v) is 4.63. The number of allylic oxidation sites excluding steroid dienone is 4. The van der Waals surface area contributed by atoms with Crippen LogP contribution in [0, 0.1) is 0 Å². The van der Waals surface area contributed by atoms with Crippen LogP contribution in [0.1, 0.15) is 27.7 Å². The number of rotatable bonds is 6. The van der Waals surface area contributed by atoms with E-state index in [0.29, 0.717) is 6.54 Å². The van der Waals surface area contributed by atoms with Gasteiger partial charge in [-0.25, -0.2) is 4.99 Å². The van der Waals surface area contributed by atoms with E-state index in [1.165, 1.54) is 0 Å². The molecule has 2 aliphatic rings. The Kier molecular flexibility index (Phi) is 8.51. The fourth-order valence-electron chi connectivity index (χ4n) is 3.18. The van der Waals surface area contributed by atoms with E-state index < -0.39 is 0 Å². The van der Waals surface area contributed by atoms with Crippen molar-refractivity contribution in [2.45, 2.75) is 46.3 Å². The van der Waals surface area contributed by atoms with Crippen LogP contribution in [0.3, 0.4) is 0 Å². The Morgan fingerprint density at radius 3 is 2.90 bits per heavy atom. The molecule has 0 aromatic carbocycles. The molecule has 156 valence electrons. The minimum absolute atomic E-state index is 0.0132. The first kappa shape index (κ1) is 22.3. The van der Waals surface area contributed by atoms with Gasteiger partial charge in [0.1, 0.15) is 17.6 Å². The minimum Gasteiger partial charge on any atom is -0.356 e. The second kappa shape index (κ2) is 11.1. The molecule has 0 radical (unpaired) electrons. The molecule has 29 heavy (non-hydrogen) atoms. The Hall–Kier alpha value is -3.03. The van der Waals surface area contributed by atoms with Crippen molar-refractivity contribution in [1.82, 2.24) is 14.9 Å². The van der Waals surface area contributed by atoms with Gasteiger partial charge in [0.05, 0.1) is 31.5 Å². The molecule has 0 fully saturated rings. The van der Waals surface area contributed by atoms with Gasteiger partial charge in [-0.05, 0) is 26.6 Å². The number of nitrogens with zero attached hydrogens (tertiary/aromatic N) is 7. The molecule has 0 bridgehead atoms. The normalized spacial score (nSPS) is 22.7. The minimum atomic E-state index is -0.0132. The maximum atomic E-state index is 4.87. The summed E-state index contributed by atoms with van der Waals surface area (Å²) in [6, 6.07) is 0.210. The van der Waals surface area contributed by atoms with Crippen LogP contribution < -0.4 is 4.68 Å². The van der Waals surface area contributed by atoms with Crippen molar-refractivity contribution >= 4 is 30.9 Å². The Morgan fingerprint density at radius 2 is 2.21 bits per heavy atom. The number of likely N-dealkylation sites (N-methyl/N-ethyl adjacent to an activating group) is 2. The second-order valence-electron chi connectivity index (χ2n) is 6.47. The fourth-order valence-corrected chi connectivity index (χ4v) is 3.18. The van der Waals surface area contributed by atoms with Crippen LogP contribution in [0.15, 0.2) is 56.3 Å². The van der Waals surface area contributed by atoms with Gasteiger partial charge in [0, 0.05) is 13.6 Å². The Bertz CT molecular complexity index is 814. The van der Waals surface area contributed by atoms with E-state index in [2.05, 4.69) is 33.6 Å². The van der Waals surface area contributed by atoms with Crippen molar-refractivity contribution in [2.24, 2.45) is 20.0 Å². The molecule has 3 heterocycles. The van der Waals surface area contributed by atoms with Gasteiger partial charge >= 0.3 is 0 Å². The van der Waals surface area contributed by atoms with Crippen LogP contribution >= 0.6 is 0 Å². The molecular formula is C21H33N8+. The van der Waals surface area contributed by atoms with E-state index in [1.807, 2.05) is 80.7 Å². The maximum absolute atomic E-state index is 4.87. The van der Waals surface area contributed by atoms with Gasteiger partial charge in [-0.15, -0.1) is 4.68 Å². The quantitative estimate of drug-likeness (QED) is 0.455. The van der Waals surface area contributed by atoms with Crippen LogP contribution in [0.5, 0.6) is 0 Å². The molecule has 2 aliphatic heterocycles. The number of H-pyrrole nitrogens is 1. The van der Waals surface area contributed by atoms with E-state index >= 15 is 0 Å². The predicted molar refractivity (Wildman–Crippen MR) is 121 cm³/mol. The first-order valence-corrected chi connectivity index (χ1v) is 10.1. The molecular weight excluding hydrogens is 364 g/mol. The SMILES string of the molecule is C=N/C(=C\C=C/C)C[n+]1cc(N=C2C3N=CN(CC)C3CN=CN2C)c[nH]1.CC. The summed E-state index contributed by atoms with van der Waals surface area (Å²) >= 11 is 0. The largest absolute Gasteiger partial charge is 0.356 e. The lowest BCUT2D eigenvalue weighted by molar-refractivity contribution is -0.742. The van der Waals surface area contributed by atoms with Gasteiger partial charge < -0.3 is 9.80 Å². The van der Waals surface area contributed by atoms with E-state index in [9.17, 15) is 0 Å². The average molecular weight is 398 g/mol. The average Bonchev–Trinajstić information content (AvgIpc) is 3.33. The highest BCUT2D eigenvalue weighted by Crippen LogP contribution is 2.21. The molecule has 1 N–H and O–H groups in total. The van der Waals surface area contributed by atoms with Gasteiger partial charge in [-0.3, -0.25) is 15.0 Å². The second-order valence-corrected chi connectivity index (χ2v) is 6.47. The van der Waals surface area contributed by atoms with Crippen molar-refractivity contribution in [3.63, 3.8) is 0 Å². The Morgan fingerprint density at radius 1 is 1.41 bits per heavy atom. The lowest BCUT2D eigenvalue weighted by atomic mass is 10.1. The van der Waals surface area contributed by atoms with Crippen molar-refractivity contribution < 1.29 is 4.68 Å². The van der Waals surface area contributed by atoms with Crippen LogP contribution in [-0.4, -0.2) is 72.3 Å². The first-order chi connectivity index (χ1) is 14.2. The van der Waals surface area contributed by atoms with Crippen LogP contribution in [0.2, 0.25) is 0 Å². The molecule has 0 aliphatic carbocycles. The zero-order valence-corrected chi connectivity index (χ0v) is 18.2. The predicted octanol–water partition coefficient (Wildman–Crippen LogP) is 2.59. The van der Waals surface area contributed by atoms with Crippen molar-refractivity contribution in [1.29, 1.82) is 0 Å². The van der Waals surface area contributed by atoms with Crippen LogP contribution in [0.4, 0.5) is 5.69 Å². The van der Waals surface area contributed by atoms with Gasteiger partial charge in [-0.2, -0.15) is 5.10 Å². The van der Waals surface area contributed by atoms with Crippen LogP contribution in [0.25, 0.3) is 0 Å².